The molecule has 0 saturated carbocycles. The van der Waals surface area contributed by atoms with Gasteiger partial charge in [-0.2, -0.15) is 0 Å². The lowest BCUT2D eigenvalue weighted by molar-refractivity contribution is -0.178. The van der Waals surface area contributed by atoms with Crippen LogP contribution < -0.4 is 5.73 Å². The van der Waals surface area contributed by atoms with Crippen LogP contribution in [0.25, 0.3) is 0 Å². The summed E-state index contributed by atoms with van der Waals surface area (Å²) in [7, 11) is 3.02. The molecule has 0 saturated heterocycles. The van der Waals surface area contributed by atoms with Gasteiger partial charge in [-0.25, -0.2) is 0 Å². The second-order valence-electron chi connectivity index (χ2n) is 3.11. The Kier molecular flexibility index (Phi) is 7.17. The van der Waals surface area contributed by atoms with Gasteiger partial charge in [-0.15, -0.1) is 0 Å². The number of ether oxygens (including phenoxy) is 2. The molecule has 0 heterocycles. The maximum atomic E-state index is 9.77. The molecule has 3 N–H and O–H groups in total. The standard InChI is InChI=1S/C9H21NO3/c1-4-5-7(6-10)8(11)9(12-2)13-3/h7-9,11H,4-6,10H2,1-3H3. The van der Waals surface area contributed by atoms with Crippen LogP contribution in [0.5, 0.6) is 0 Å². The lowest BCUT2D eigenvalue weighted by Crippen LogP contribution is -2.39. The molecule has 0 aliphatic rings. The van der Waals surface area contributed by atoms with E-state index < -0.39 is 12.4 Å². The maximum Gasteiger partial charge on any atom is 0.183 e. The summed E-state index contributed by atoms with van der Waals surface area (Å²) in [6.07, 6.45) is 0.681. The van der Waals surface area contributed by atoms with Crippen LogP contribution in [0.15, 0.2) is 0 Å². The van der Waals surface area contributed by atoms with Gasteiger partial charge < -0.3 is 20.3 Å². The van der Waals surface area contributed by atoms with Crippen molar-refractivity contribution in [3.63, 3.8) is 0 Å². The Morgan fingerprint density at radius 3 is 2.15 bits per heavy atom. The SMILES string of the molecule is CCCC(CN)C(O)C(OC)OC. The number of hydrogen-bond donors (Lipinski definition) is 2. The van der Waals surface area contributed by atoms with Crippen LogP contribution in [-0.2, 0) is 9.47 Å². The van der Waals surface area contributed by atoms with Crippen LogP contribution in [0.3, 0.4) is 0 Å². The summed E-state index contributed by atoms with van der Waals surface area (Å²) < 4.78 is 9.93. The van der Waals surface area contributed by atoms with Gasteiger partial charge in [0.05, 0.1) is 0 Å². The number of aliphatic hydroxyl groups is 1. The van der Waals surface area contributed by atoms with E-state index in [9.17, 15) is 5.11 Å². The van der Waals surface area contributed by atoms with Crippen molar-refractivity contribution in [3.8, 4) is 0 Å². The fraction of sp³-hybridized carbons (Fsp3) is 1.00. The van der Waals surface area contributed by atoms with E-state index in [4.69, 9.17) is 15.2 Å². The number of rotatable bonds is 7. The summed E-state index contributed by atoms with van der Waals surface area (Å²) in [4.78, 5) is 0. The Morgan fingerprint density at radius 1 is 1.31 bits per heavy atom. The Labute approximate surface area is 80.0 Å². The summed E-state index contributed by atoms with van der Waals surface area (Å²) in [5, 5.41) is 9.77. The third-order valence-corrected chi connectivity index (χ3v) is 2.19. The minimum Gasteiger partial charge on any atom is -0.387 e. The molecule has 4 heteroatoms. The molecule has 0 aromatic rings. The average molecular weight is 191 g/mol. The van der Waals surface area contributed by atoms with Crippen molar-refractivity contribution < 1.29 is 14.6 Å². The largest absolute Gasteiger partial charge is 0.387 e. The van der Waals surface area contributed by atoms with Gasteiger partial charge in [-0.05, 0) is 13.0 Å². The first kappa shape index (κ1) is 12.8. The number of methoxy groups -OCH3 is 2. The second-order valence-corrected chi connectivity index (χ2v) is 3.11. The Balaban J connectivity index is 4.07. The molecule has 0 radical (unpaired) electrons. The van der Waals surface area contributed by atoms with Gasteiger partial charge in [0.15, 0.2) is 6.29 Å². The van der Waals surface area contributed by atoms with Crippen LogP contribution in [-0.4, -0.2) is 38.3 Å². The molecule has 2 unspecified atom stereocenters. The van der Waals surface area contributed by atoms with E-state index >= 15 is 0 Å². The molecule has 80 valence electrons. The van der Waals surface area contributed by atoms with Crippen molar-refractivity contribution in [3.05, 3.63) is 0 Å². The van der Waals surface area contributed by atoms with Crippen molar-refractivity contribution in [2.75, 3.05) is 20.8 Å². The lowest BCUT2D eigenvalue weighted by atomic mass is 9.97. The third-order valence-electron chi connectivity index (χ3n) is 2.19. The van der Waals surface area contributed by atoms with Crippen molar-refractivity contribution >= 4 is 0 Å². The fourth-order valence-electron chi connectivity index (χ4n) is 1.40. The van der Waals surface area contributed by atoms with Crippen molar-refractivity contribution in [1.82, 2.24) is 0 Å². The van der Waals surface area contributed by atoms with Crippen LogP contribution in [0.2, 0.25) is 0 Å². The molecule has 13 heavy (non-hydrogen) atoms. The van der Waals surface area contributed by atoms with Crippen LogP contribution in [0.4, 0.5) is 0 Å². The molecule has 0 aromatic heterocycles. The summed E-state index contributed by atoms with van der Waals surface area (Å²) in [6, 6.07) is 0. The normalized spacial score (nSPS) is 16.2. The predicted molar refractivity (Wildman–Crippen MR) is 51.3 cm³/mol. The minimum absolute atomic E-state index is 0.0508. The average Bonchev–Trinajstić information content (AvgIpc) is 2.15. The van der Waals surface area contributed by atoms with Gasteiger partial charge in [0.2, 0.25) is 0 Å². The fourth-order valence-corrected chi connectivity index (χ4v) is 1.40. The number of nitrogens with two attached hydrogens (primary N) is 1. The molecule has 0 aliphatic carbocycles. The molecule has 0 fully saturated rings. The van der Waals surface area contributed by atoms with E-state index in [1.807, 2.05) is 0 Å². The maximum absolute atomic E-state index is 9.77. The van der Waals surface area contributed by atoms with E-state index in [-0.39, 0.29) is 5.92 Å². The minimum atomic E-state index is -0.639. The molecule has 4 nitrogen and oxygen atoms in total. The lowest BCUT2D eigenvalue weighted by Gasteiger charge is -2.26. The summed E-state index contributed by atoms with van der Waals surface area (Å²) in [5.41, 5.74) is 5.54. The van der Waals surface area contributed by atoms with E-state index in [0.717, 1.165) is 12.8 Å². The zero-order valence-electron chi connectivity index (χ0n) is 8.69. The van der Waals surface area contributed by atoms with E-state index in [2.05, 4.69) is 6.92 Å². The summed E-state index contributed by atoms with van der Waals surface area (Å²) in [5.74, 6) is 0.0508. The van der Waals surface area contributed by atoms with E-state index in [1.54, 1.807) is 0 Å². The predicted octanol–water partition coefficient (Wildman–Crippen LogP) is 0.341. The van der Waals surface area contributed by atoms with Gasteiger partial charge in [0.1, 0.15) is 6.10 Å². The molecule has 2 atom stereocenters. The third kappa shape index (κ3) is 4.04. The first-order valence-electron chi connectivity index (χ1n) is 4.64. The monoisotopic (exact) mass is 191 g/mol. The van der Waals surface area contributed by atoms with Crippen LogP contribution in [0.1, 0.15) is 19.8 Å². The van der Waals surface area contributed by atoms with Gasteiger partial charge in [0.25, 0.3) is 0 Å². The molecule has 0 bridgehead atoms. The van der Waals surface area contributed by atoms with Gasteiger partial charge in [-0.3, -0.25) is 0 Å². The molecular weight excluding hydrogens is 170 g/mol. The highest BCUT2D eigenvalue weighted by Crippen LogP contribution is 2.15. The van der Waals surface area contributed by atoms with Crippen molar-refractivity contribution in [2.45, 2.75) is 32.2 Å². The second kappa shape index (κ2) is 7.26. The highest BCUT2D eigenvalue weighted by Gasteiger charge is 2.25. The highest BCUT2D eigenvalue weighted by atomic mass is 16.7. The topological polar surface area (TPSA) is 64.7 Å². The zero-order chi connectivity index (χ0) is 10.3. The smallest absolute Gasteiger partial charge is 0.183 e. The molecule has 0 aliphatic heterocycles. The van der Waals surface area contributed by atoms with Gasteiger partial charge >= 0.3 is 0 Å². The van der Waals surface area contributed by atoms with E-state index in [0.29, 0.717) is 6.54 Å². The summed E-state index contributed by atoms with van der Waals surface area (Å²) in [6.45, 7) is 2.52. The number of hydrogen-bond acceptors (Lipinski definition) is 4. The van der Waals surface area contributed by atoms with Gasteiger partial charge in [0, 0.05) is 20.1 Å². The molecular formula is C9H21NO3. The van der Waals surface area contributed by atoms with Gasteiger partial charge in [-0.1, -0.05) is 13.3 Å². The molecule has 0 spiro atoms. The first-order valence-corrected chi connectivity index (χ1v) is 4.64. The van der Waals surface area contributed by atoms with Crippen molar-refractivity contribution in [1.29, 1.82) is 0 Å². The summed E-state index contributed by atoms with van der Waals surface area (Å²) >= 11 is 0. The zero-order valence-corrected chi connectivity index (χ0v) is 8.69. The molecule has 0 aromatic carbocycles. The van der Waals surface area contributed by atoms with Crippen LogP contribution >= 0.6 is 0 Å². The molecule has 0 rings (SSSR count). The highest BCUT2D eigenvalue weighted by molar-refractivity contribution is 4.72. The van der Waals surface area contributed by atoms with E-state index in [1.165, 1.54) is 14.2 Å². The molecule has 0 amide bonds. The Morgan fingerprint density at radius 2 is 1.85 bits per heavy atom. The first-order chi connectivity index (χ1) is 6.21. The number of aliphatic hydroxyl groups excluding tert-OH is 1. The van der Waals surface area contributed by atoms with Crippen molar-refractivity contribution in [2.24, 2.45) is 11.7 Å². The quantitative estimate of drug-likeness (QED) is 0.570. The Bertz CT molecular complexity index is 117. The van der Waals surface area contributed by atoms with Crippen LogP contribution in [0, 0.1) is 5.92 Å². The Hall–Kier alpha value is -0.160.